The maximum atomic E-state index is 13.8. The molecule has 1 saturated heterocycles. The lowest BCUT2D eigenvalue weighted by atomic mass is 10.2. The number of nitrogens with zero attached hydrogens (tertiary/aromatic N) is 1. The highest BCUT2D eigenvalue weighted by atomic mass is 32.2. The Labute approximate surface area is 124 Å². The summed E-state index contributed by atoms with van der Waals surface area (Å²) in [7, 11) is -3.84. The first-order chi connectivity index (χ1) is 9.99. The third-order valence-corrected chi connectivity index (χ3v) is 5.66. The van der Waals surface area contributed by atoms with Crippen LogP contribution in [0.1, 0.15) is 24.8 Å². The number of halogens is 1. The topological polar surface area (TPSA) is 75.4 Å². The Balaban J connectivity index is 1.74. The summed E-state index contributed by atoms with van der Waals surface area (Å²) in [6.45, 7) is 1.80. The van der Waals surface area contributed by atoms with Crippen molar-refractivity contribution in [2.24, 2.45) is 5.73 Å². The molecule has 2 aliphatic rings. The summed E-state index contributed by atoms with van der Waals surface area (Å²) in [5, 5.41) is 0. The number of rotatable bonds is 5. The van der Waals surface area contributed by atoms with Crippen molar-refractivity contribution in [3.05, 3.63) is 29.6 Å². The quantitative estimate of drug-likeness (QED) is 0.843. The maximum Gasteiger partial charge on any atom is 0.243 e. The predicted octanol–water partition coefficient (Wildman–Crippen LogP) is 0.799. The van der Waals surface area contributed by atoms with Gasteiger partial charge in [0.2, 0.25) is 10.0 Å². The van der Waals surface area contributed by atoms with Crippen molar-refractivity contribution in [1.82, 2.24) is 9.62 Å². The van der Waals surface area contributed by atoms with Gasteiger partial charge in [0.05, 0.1) is 0 Å². The van der Waals surface area contributed by atoms with E-state index in [1.54, 1.807) is 0 Å². The van der Waals surface area contributed by atoms with Gasteiger partial charge < -0.3 is 5.73 Å². The van der Waals surface area contributed by atoms with Crippen LogP contribution in [0.25, 0.3) is 0 Å². The van der Waals surface area contributed by atoms with Crippen molar-refractivity contribution in [1.29, 1.82) is 0 Å². The number of hydrogen-bond acceptors (Lipinski definition) is 4. The highest BCUT2D eigenvalue weighted by molar-refractivity contribution is 7.89. The molecule has 7 heteroatoms. The number of benzene rings is 1. The fourth-order valence-corrected chi connectivity index (χ4v) is 4.21. The Kier molecular flexibility index (Phi) is 4.00. The average molecular weight is 313 g/mol. The molecule has 0 bridgehead atoms. The summed E-state index contributed by atoms with van der Waals surface area (Å²) in [5.41, 5.74) is 6.09. The molecule has 1 aromatic carbocycles. The SMILES string of the molecule is NCc1ccc(F)c(S(=O)(=O)NC2CCN(C3CC3)C2)c1. The Morgan fingerprint density at radius 1 is 1.33 bits per heavy atom. The fourth-order valence-electron chi connectivity index (χ4n) is 2.82. The second-order valence-corrected chi connectivity index (χ2v) is 7.48. The molecule has 2 fully saturated rings. The zero-order valence-corrected chi connectivity index (χ0v) is 12.6. The number of nitrogens with one attached hydrogen (secondary N) is 1. The van der Waals surface area contributed by atoms with Gasteiger partial charge in [0.25, 0.3) is 0 Å². The zero-order valence-electron chi connectivity index (χ0n) is 11.8. The van der Waals surface area contributed by atoms with Crippen LogP contribution in [-0.2, 0) is 16.6 Å². The largest absolute Gasteiger partial charge is 0.326 e. The van der Waals surface area contributed by atoms with Gasteiger partial charge in [-0.15, -0.1) is 0 Å². The van der Waals surface area contributed by atoms with Crippen LogP contribution in [0.15, 0.2) is 23.1 Å². The van der Waals surface area contributed by atoms with E-state index in [0.717, 1.165) is 19.0 Å². The average Bonchev–Trinajstić information content (AvgIpc) is 3.20. The number of nitrogens with two attached hydrogens (primary N) is 1. The summed E-state index contributed by atoms with van der Waals surface area (Å²) in [6, 6.07) is 4.44. The molecule has 1 saturated carbocycles. The summed E-state index contributed by atoms with van der Waals surface area (Å²) >= 11 is 0. The predicted molar refractivity (Wildman–Crippen MR) is 77.6 cm³/mol. The third-order valence-electron chi connectivity index (χ3n) is 4.13. The van der Waals surface area contributed by atoms with E-state index in [1.165, 1.54) is 25.0 Å². The first kappa shape index (κ1) is 14.9. The highest BCUT2D eigenvalue weighted by Crippen LogP contribution is 2.30. The van der Waals surface area contributed by atoms with E-state index in [-0.39, 0.29) is 17.5 Å². The summed E-state index contributed by atoms with van der Waals surface area (Å²) < 4.78 is 41.2. The van der Waals surface area contributed by atoms with Gasteiger partial charge in [-0.2, -0.15) is 0 Å². The lowest BCUT2D eigenvalue weighted by Crippen LogP contribution is -2.37. The monoisotopic (exact) mass is 313 g/mol. The molecule has 21 heavy (non-hydrogen) atoms. The summed E-state index contributed by atoms with van der Waals surface area (Å²) in [5.74, 6) is -0.739. The van der Waals surface area contributed by atoms with E-state index < -0.39 is 15.8 Å². The lowest BCUT2D eigenvalue weighted by Gasteiger charge is -2.16. The van der Waals surface area contributed by atoms with E-state index in [0.29, 0.717) is 18.2 Å². The van der Waals surface area contributed by atoms with E-state index in [9.17, 15) is 12.8 Å². The van der Waals surface area contributed by atoms with Crippen LogP contribution in [0.5, 0.6) is 0 Å². The first-order valence-electron chi connectivity index (χ1n) is 7.24. The second kappa shape index (κ2) is 5.64. The molecule has 1 aliphatic carbocycles. The van der Waals surface area contributed by atoms with Crippen molar-refractivity contribution < 1.29 is 12.8 Å². The molecule has 3 N–H and O–H groups in total. The Bertz CT molecular complexity index is 631. The van der Waals surface area contributed by atoms with Gasteiger partial charge in [-0.05, 0) is 37.0 Å². The van der Waals surface area contributed by atoms with Crippen molar-refractivity contribution in [2.45, 2.75) is 42.8 Å². The standard InChI is InChI=1S/C14H20FN3O2S/c15-13-4-1-10(8-16)7-14(13)21(19,20)17-11-5-6-18(9-11)12-2-3-12/h1,4,7,11-12,17H,2-3,5-6,8-9,16H2. The molecule has 1 aliphatic heterocycles. The molecule has 1 unspecified atom stereocenters. The molecule has 0 aromatic heterocycles. The van der Waals surface area contributed by atoms with Crippen molar-refractivity contribution in [3.63, 3.8) is 0 Å². The minimum absolute atomic E-state index is 0.142. The fraction of sp³-hybridized carbons (Fsp3) is 0.571. The molecule has 5 nitrogen and oxygen atoms in total. The highest BCUT2D eigenvalue weighted by Gasteiger charge is 2.36. The molecule has 116 valence electrons. The van der Waals surface area contributed by atoms with Crippen molar-refractivity contribution in [2.75, 3.05) is 13.1 Å². The van der Waals surface area contributed by atoms with Crippen LogP contribution in [0.2, 0.25) is 0 Å². The Hall–Kier alpha value is -1.02. The number of hydrogen-bond donors (Lipinski definition) is 2. The van der Waals surface area contributed by atoms with Crippen LogP contribution in [0.4, 0.5) is 4.39 Å². The zero-order chi connectivity index (χ0) is 15.0. The van der Waals surface area contributed by atoms with Crippen molar-refractivity contribution >= 4 is 10.0 Å². The minimum Gasteiger partial charge on any atom is -0.326 e. The molecule has 3 rings (SSSR count). The van der Waals surface area contributed by atoms with Gasteiger partial charge in [0.15, 0.2) is 0 Å². The van der Waals surface area contributed by atoms with E-state index in [4.69, 9.17) is 5.73 Å². The van der Waals surface area contributed by atoms with Gasteiger partial charge in [0, 0.05) is 31.7 Å². The van der Waals surface area contributed by atoms with Gasteiger partial charge in [-0.3, -0.25) is 4.90 Å². The van der Waals surface area contributed by atoms with E-state index in [2.05, 4.69) is 9.62 Å². The molecular weight excluding hydrogens is 293 g/mol. The van der Waals surface area contributed by atoms with Gasteiger partial charge >= 0.3 is 0 Å². The van der Waals surface area contributed by atoms with Gasteiger partial charge in [-0.1, -0.05) is 6.07 Å². The van der Waals surface area contributed by atoms with Crippen LogP contribution >= 0.6 is 0 Å². The van der Waals surface area contributed by atoms with Crippen LogP contribution < -0.4 is 10.5 Å². The molecule has 0 spiro atoms. The minimum atomic E-state index is -3.84. The smallest absolute Gasteiger partial charge is 0.243 e. The molecule has 1 atom stereocenters. The third kappa shape index (κ3) is 3.26. The molecule has 1 heterocycles. The molecule has 0 amide bonds. The number of sulfonamides is 1. The Morgan fingerprint density at radius 3 is 2.76 bits per heavy atom. The van der Waals surface area contributed by atoms with Gasteiger partial charge in [0.1, 0.15) is 10.7 Å². The van der Waals surface area contributed by atoms with Crippen molar-refractivity contribution in [3.8, 4) is 0 Å². The van der Waals surface area contributed by atoms with Crippen LogP contribution in [-0.4, -0.2) is 38.5 Å². The molecule has 1 aromatic rings. The second-order valence-electron chi connectivity index (χ2n) is 5.80. The molecular formula is C14H20FN3O2S. The molecule has 0 radical (unpaired) electrons. The van der Waals surface area contributed by atoms with Crippen LogP contribution in [0, 0.1) is 5.82 Å². The normalized spacial score (nSPS) is 23.6. The first-order valence-corrected chi connectivity index (χ1v) is 8.73. The number of likely N-dealkylation sites (tertiary alicyclic amines) is 1. The van der Waals surface area contributed by atoms with Gasteiger partial charge in [-0.25, -0.2) is 17.5 Å². The Morgan fingerprint density at radius 2 is 2.10 bits per heavy atom. The summed E-state index contributed by atoms with van der Waals surface area (Å²) in [6.07, 6.45) is 3.17. The van der Waals surface area contributed by atoms with E-state index in [1.807, 2.05) is 0 Å². The lowest BCUT2D eigenvalue weighted by molar-refractivity contribution is 0.322. The summed E-state index contributed by atoms with van der Waals surface area (Å²) in [4.78, 5) is 2.00. The van der Waals surface area contributed by atoms with Crippen LogP contribution in [0.3, 0.4) is 0 Å². The maximum absolute atomic E-state index is 13.8. The van der Waals surface area contributed by atoms with E-state index >= 15 is 0 Å².